The fourth-order valence-electron chi connectivity index (χ4n) is 2.76. The van der Waals surface area contributed by atoms with Crippen LogP contribution in [0.25, 0.3) is 0 Å². The lowest BCUT2D eigenvalue weighted by Gasteiger charge is -2.11. The van der Waals surface area contributed by atoms with Crippen molar-refractivity contribution in [3.05, 3.63) is 35.0 Å². The van der Waals surface area contributed by atoms with Crippen molar-refractivity contribution in [2.45, 2.75) is 45.6 Å². The van der Waals surface area contributed by atoms with E-state index < -0.39 is 0 Å². The molecule has 3 N–H and O–H groups in total. The van der Waals surface area contributed by atoms with Gasteiger partial charge in [0.2, 0.25) is 0 Å². The van der Waals surface area contributed by atoms with Crippen LogP contribution in [0.4, 0.5) is 11.5 Å². The van der Waals surface area contributed by atoms with Gasteiger partial charge in [-0.25, -0.2) is 0 Å². The number of hydrogen-bond acceptors (Lipinski definition) is 4. The van der Waals surface area contributed by atoms with Gasteiger partial charge in [-0.1, -0.05) is 18.9 Å². The Morgan fingerprint density at radius 2 is 1.95 bits per heavy atom. The van der Waals surface area contributed by atoms with E-state index >= 15 is 0 Å². The normalized spacial score (nSPS) is 15.0. The summed E-state index contributed by atoms with van der Waals surface area (Å²) in [6.07, 6.45) is 4.45. The Kier molecular flexibility index (Phi) is 4.09. The first-order chi connectivity index (χ1) is 10.6. The molecule has 3 rings (SSSR count). The van der Waals surface area contributed by atoms with Gasteiger partial charge >= 0.3 is 0 Å². The van der Waals surface area contributed by atoms with Gasteiger partial charge in [-0.15, -0.1) is 10.2 Å². The number of aromatic amines is 1. The van der Waals surface area contributed by atoms with Crippen molar-refractivity contribution >= 4 is 17.4 Å². The van der Waals surface area contributed by atoms with Gasteiger partial charge in [0.15, 0.2) is 11.5 Å². The van der Waals surface area contributed by atoms with Crippen LogP contribution >= 0.6 is 0 Å². The number of amides is 1. The molecule has 1 heterocycles. The number of aromatic nitrogens is 3. The molecule has 1 aromatic heterocycles. The molecule has 1 saturated carbocycles. The topological polar surface area (TPSA) is 82.7 Å². The summed E-state index contributed by atoms with van der Waals surface area (Å²) in [6.45, 7) is 4.12. The van der Waals surface area contributed by atoms with Crippen LogP contribution in [0, 0.1) is 13.8 Å². The zero-order chi connectivity index (χ0) is 15.5. The third kappa shape index (κ3) is 3.10. The summed E-state index contributed by atoms with van der Waals surface area (Å²) in [5.74, 6) is 0.283. The van der Waals surface area contributed by atoms with E-state index in [0.717, 1.165) is 18.5 Å². The van der Waals surface area contributed by atoms with E-state index in [2.05, 4.69) is 39.9 Å². The van der Waals surface area contributed by atoms with Crippen molar-refractivity contribution < 1.29 is 4.79 Å². The van der Waals surface area contributed by atoms with Crippen LogP contribution in [0.3, 0.4) is 0 Å². The molecule has 6 heteroatoms. The van der Waals surface area contributed by atoms with Gasteiger partial charge in [0.1, 0.15) is 0 Å². The molecule has 1 aromatic carbocycles. The number of hydrogen-bond donors (Lipinski definition) is 3. The number of benzene rings is 1. The highest BCUT2D eigenvalue weighted by Gasteiger charge is 2.22. The minimum Gasteiger partial charge on any atom is -0.348 e. The van der Waals surface area contributed by atoms with Crippen molar-refractivity contribution in [2.24, 2.45) is 0 Å². The number of aryl methyl sites for hydroxylation is 2. The average molecular weight is 299 g/mol. The second-order valence-corrected chi connectivity index (χ2v) is 5.90. The van der Waals surface area contributed by atoms with Gasteiger partial charge in [0.25, 0.3) is 5.91 Å². The number of H-pyrrole nitrogens is 1. The summed E-state index contributed by atoms with van der Waals surface area (Å²) < 4.78 is 0. The third-order valence-electron chi connectivity index (χ3n) is 4.22. The van der Waals surface area contributed by atoms with E-state index in [9.17, 15) is 4.79 Å². The predicted molar refractivity (Wildman–Crippen MR) is 85.3 cm³/mol. The molecule has 116 valence electrons. The molecule has 0 unspecified atom stereocenters. The fourth-order valence-corrected chi connectivity index (χ4v) is 2.76. The zero-order valence-electron chi connectivity index (χ0n) is 12.9. The quantitative estimate of drug-likeness (QED) is 0.810. The van der Waals surface area contributed by atoms with E-state index in [0.29, 0.717) is 11.5 Å². The molecule has 22 heavy (non-hydrogen) atoms. The minimum absolute atomic E-state index is 0.174. The largest absolute Gasteiger partial charge is 0.348 e. The molecule has 1 aliphatic carbocycles. The van der Waals surface area contributed by atoms with E-state index in [4.69, 9.17) is 0 Å². The highest BCUT2D eigenvalue weighted by Crippen LogP contribution is 2.21. The molecule has 0 aliphatic heterocycles. The van der Waals surface area contributed by atoms with Crippen LogP contribution in [0.2, 0.25) is 0 Å². The first-order valence-corrected chi connectivity index (χ1v) is 7.69. The lowest BCUT2D eigenvalue weighted by Crippen LogP contribution is -2.33. The molecule has 0 radical (unpaired) electrons. The van der Waals surface area contributed by atoms with Gasteiger partial charge < -0.3 is 10.6 Å². The number of carbonyl (C=O) groups is 1. The van der Waals surface area contributed by atoms with Crippen molar-refractivity contribution in [3.8, 4) is 0 Å². The molecule has 6 nitrogen and oxygen atoms in total. The maximum absolute atomic E-state index is 12.3. The van der Waals surface area contributed by atoms with Gasteiger partial charge in [-0.2, -0.15) is 5.21 Å². The van der Waals surface area contributed by atoms with E-state index in [-0.39, 0.29) is 11.9 Å². The molecule has 0 saturated heterocycles. The molecule has 1 amide bonds. The molecule has 0 spiro atoms. The molecule has 2 aromatic rings. The summed E-state index contributed by atoms with van der Waals surface area (Å²) in [5, 5.41) is 16.7. The van der Waals surface area contributed by atoms with Crippen molar-refractivity contribution in [1.29, 1.82) is 0 Å². The van der Waals surface area contributed by atoms with E-state index in [1.807, 2.05) is 18.2 Å². The monoisotopic (exact) mass is 299 g/mol. The van der Waals surface area contributed by atoms with Gasteiger partial charge in [0, 0.05) is 11.7 Å². The Labute approximate surface area is 129 Å². The summed E-state index contributed by atoms with van der Waals surface area (Å²) >= 11 is 0. The number of rotatable bonds is 4. The molecule has 1 aliphatic rings. The summed E-state index contributed by atoms with van der Waals surface area (Å²) in [7, 11) is 0. The van der Waals surface area contributed by atoms with E-state index in [1.54, 1.807) is 0 Å². The highest BCUT2D eigenvalue weighted by molar-refractivity contribution is 5.97. The average Bonchev–Trinajstić information content (AvgIpc) is 3.14. The van der Waals surface area contributed by atoms with Crippen molar-refractivity contribution in [1.82, 2.24) is 20.7 Å². The maximum Gasteiger partial charge on any atom is 0.275 e. The van der Waals surface area contributed by atoms with Crippen LogP contribution in [0.1, 0.15) is 47.3 Å². The van der Waals surface area contributed by atoms with Crippen molar-refractivity contribution in [3.63, 3.8) is 0 Å². The Bertz CT molecular complexity index is 673. The van der Waals surface area contributed by atoms with Crippen LogP contribution in [-0.4, -0.2) is 27.4 Å². The third-order valence-corrected chi connectivity index (χ3v) is 4.22. The SMILES string of the molecule is Cc1ccc(Nc2n[nH]nc2C(=O)NC2CCCC2)cc1C. The van der Waals surface area contributed by atoms with Crippen molar-refractivity contribution in [2.75, 3.05) is 5.32 Å². The molecular formula is C16H21N5O. The molecule has 1 fully saturated rings. The van der Waals surface area contributed by atoms with Crippen LogP contribution in [0.15, 0.2) is 18.2 Å². The smallest absolute Gasteiger partial charge is 0.275 e. The van der Waals surface area contributed by atoms with Crippen LogP contribution in [0.5, 0.6) is 0 Å². The maximum atomic E-state index is 12.3. The predicted octanol–water partition coefficient (Wildman–Crippen LogP) is 2.84. The lowest BCUT2D eigenvalue weighted by atomic mass is 10.1. The standard InChI is InChI=1S/C16H21N5O/c1-10-7-8-13(9-11(10)2)17-15-14(19-21-20-15)16(22)18-12-5-3-4-6-12/h7-9,12H,3-6H2,1-2H3,(H,18,22)(H2,17,19,20,21). The molecule has 0 bridgehead atoms. The van der Waals surface area contributed by atoms with Gasteiger partial charge in [0.05, 0.1) is 0 Å². The van der Waals surface area contributed by atoms with E-state index in [1.165, 1.54) is 24.0 Å². The Balaban J connectivity index is 1.73. The number of carbonyl (C=O) groups excluding carboxylic acids is 1. The number of nitrogens with one attached hydrogen (secondary N) is 3. The lowest BCUT2D eigenvalue weighted by molar-refractivity contribution is 0.0933. The minimum atomic E-state index is -0.174. The van der Waals surface area contributed by atoms with Gasteiger partial charge in [-0.3, -0.25) is 4.79 Å². The summed E-state index contributed by atoms with van der Waals surface area (Å²) in [4.78, 5) is 12.3. The van der Waals surface area contributed by atoms with Crippen LogP contribution in [-0.2, 0) is 0 Å². The van der Waals surface area contributed by atoms with Gasteiger partial charge in [-0.05, 0) is 49.9 Å². The molecular weight excluding hydrogens is 278 g/mol. The first-order valence-electron chi connectivity index (χ1n) is 7.69. The molecule has 0 atom stereocenters. The second kappa shape index (κ2) is 6.17. The Morgan fingerprint density at radius 3 is 2.68 bits per heavy atom. The summed E-state index contributed by atoms with van der Waals surface area (Å²) in [6, 6.07) is 6.30. The zero-order valence-corrected chi connectivity index (χ0v) is 12.9. The number of nitrogens with zero attached hydrogens (tertiary/aromatic N) is 2. The number of anilines is 2. The first kappa shape index (κ1) is 14.6. The Hall–Kier alpha value is -2.37. The summed E-state index contributed by atoms with van der Waals surface area (Å²) in [5.41, 5.74) is 3.62. The Morgan fingerprint density at radius 1 is 1.18 bits per heavy atom. The van der Waals surface area contributed by atoms with Crippen LogP contribution < -0.4 is 10.6 Å². The second-order valence-electron chi connectivity index (χ2n) is 5.90. The fraction of sp³-hybridized carbons (Fsp3) is 0.438. The highest BCUT2D eigenvalue weighted by atomic mass is 16.2.